The van der Waals surface area contributed by atoms with Gasteiger partial charge in [-0.1, -0.05) is 6.92 Å². The number of rotatable bonds is 10. The number of likely N-dealkylation sites (tertiary alicyclic amines) is 1. The summed E-state index contributed by atoms with van der Waals surface area (Å²) in [6, 6.07) is 0. The van der Waals surface area contributed by atoms with Gasteiger partial charge in [0.1, 0.15) is 5.54 Å². The summed E-state index contributed by atoms with van der Waals surface area (Å²) in [6.07, 6.45) is 4.49. The molecular weight excluding hydrogens is 268 g/mol. The van der Waals surface area contributed by atoms with E-state index in [2.05, 4.69) is 10.2 Å². The van der Waals surface area contributed by atoms with E-state index < -0.39 is 5.54 Å². The lowest BCUT2D eigenvalue weighted by molar-refractivity contribution is -0.150. The number of nitrogens with one attached hydrogen (secondary N) is 1. The highest BCUT2D eigenvalue weighted by molar-refractivity contribution is 5.80. The molecule has 1 N–H and O–H groups in total. The molecule has 0 spiro atoms. The Bertz CT molecular complexity index is 312. The van der Waals surface area contributed by atoms with Crippen LogP contribution >= 0.6 is 0 Å². The number of ether oxygens (including phenoxy) is 2. The molecule has 2 atom stereocenters. The van der Waals surface area contributed by atoms with Crippen LogP contribution in [0.15, 0.2) is 0 Å². The van der Waals surface area contributed by atoms with E-state index in [0.29, 0.717) is 12.7 Å². The SMILES string of the molecule is CCNC(C)(CCCCN1CCC(OC)C1)C(=O)OCC. The molecule has 0 aliphatic carbocycles. The highest BCUT2D eigenvalue weighted by atomic mass is 16.5. The van der Waals surface area contributed by atoms with Crippen molar-refractivity contribution in [1.82, 2.24) is 10.2 Å². The molecule has 1 saturated heterocycles. The normalized spacial score (nSPS) is 22.2. The Morgan fingerprint density at radius 1 is 1.38 bits per heavy atom. The van der Waals surface area contributed by atoms with Crippen LogP contribution in [0.4, 0.5) is 0 Å². The van der Waals surface area contributed by atoms with Crippen molar-refractivity contribution in [3.63, 3.8) is 0 Å². The average molecular weight is 300 g/mol. The zero-order chi connectivity index (χ0) is 15.7. The smallest absolute Gasteiger partial charge is 0.326 e. The minimum absolute atomic E-state index is 0.132. The molecular formula is C16H32N2O3. The van der Waals surface area contributed by atoms with Gasteiger partial charge in [-0.25, -0.2) is 0 Å². The molecule has 1 fully saturated rings. The van der Waals surface area contributed by atoms with E-state index in [9.17, 15) is 4.79 Å². The zero-order valence-electron chi connectivity index (χ0n) is 14.1. The van der Waals surface area contributed by atoms with Gasteiger partial charge in [0.25, 0.3) is 0 Å². The van der Waals surface area contributed by atoms with Crippen LogP contribution in [0.1, 0.15) is 46.5 Å². The Morgan fingerprint density at radius 2 is 2.14 bits per heavy atom. The molecule has 0 aromatic carbocycles. The van der Waals surface area contributed by atoms with Gasteiger partial charge in [0, 0.05) is 20.2 Å². The number of esters is 1. The molecule has 0 amide bonds. The molecule has 0 saturated carbocycles. The van der Waals surface area contributed by atoms with Gasteiger partial charge in [0.2, 0.25) is 0 Å². The van der Waals surface area contributed by atoms with Gasteiger partial charge < -0.3 is 19.7 Å². The predicted molar refractivity (Wildman–Crippen MR) is 84.4 cm³/mol. The first-order valence-corrected chi connectivity index (χ1v) is 8.23. The van der Waals surface area contributed by atoms with E-state index in [4.69, 9.17) is 9.47 Å². The van der Waals surface area contributed by atoms with Crippen LogP contribution in [0.2, 0.25) is 0 Å². The first-order valence-electron chi connectivity index (χ1n) is 8.23. The molecule has 124 valence electrons. The number of nitrogens with zero attached hydrogens (tertiary/aromatic N) is 1. The van der Waals surface area contributed by atoms with Gasteiger partial charge in [-0.05, 0) is 52.6 Å². The van der Waals surface area contributed by atoms with E-state index in [0.717, 1.165) is 51.9 Å². The van der Waals surface area contributed by atoms with Crippen molar-refractivity contribution in [2.45, 2.75) is 58.1 Å². The maximum absolute atomic E-state index is 12.1. The number of carbonyl (C=O) groups excluding carboxylic acids is 1. The molecule has 1 rings (SSSR count). The summed E-state index contributed by atoms with van der Waals surface area (Å²) in [6.45, 7) is 10.3. The van der Waals surface area contributed by atoms with Crippen molar-refractivity contribution in [3.05, 3.63) is 0 Å². The summed E-state index contributed by atoms with van der Waals surface area (Å²) in [4.78, 5) is 14.5. The Hall–Kier alpha value is -0.650. The Morgan fingerprint density at radius 3 is 2.71 bits per heavy atom. The van der Waals surface area contributed by atoms with Crippen LogP contribution in [0.25, 0.3) is 0 Å². The lowest BCUT2D eigenvalue weighted by atomic mass is 9.94. The van der Waals surface area contributed by atoms with E-state index in [1.54, 1.807) is 7.11 Å². The first-order chi connectivity index (χ1) is 10.1. The lowest BCUT2D eigenvalue weighted by Crippen LogP contribution is -2.50. The quantitative estimate of drug-likeness (QED) is 0.492. The van der Waals surface area contributed by atoms with E-state index in [1.165, 1.54) is 0 Å². The highest BCUT2D eigenvalue weighted by Crippen LogP contribution is 2.18. The standard InChI is InChI=1S/C16H32N2O3/c1-5-17-16(3,15(19)21-6-2)10-7-8-11-18-12-9-14(13-18)20-4/h14,17H,5-13H2,1-4H3. The summed E-state index contributed by atoms with van der Waals surface area (Å²) < 4.78 is 10.6. The average Bonchev–Trinajstić information content (AvgIpc) is 2.92. The molecule has 1 heterocycles. The third-order valence-corrected chi connectivity index (χ3v) is 4.26. The van der Waals surface area contributed by atoms with Crippen LogP contribution in [0, 0.1) is 0 Å². The second-order valence-electron chi connectivity index (χ2n) is 5.99. The van der Waals surface area contributed by atoms with Crippen molar-refractivity contribution >= 4 is 5.97 Å². The topological polar surface area (TPSA) is 50.8 Å². The third-order valence-electron chi connectivity index (χ3n) is 4.26. The fourth-order valence-corrected chi connectivity index (χ4v) is 2.95. The maximum atomic E-state index is 12.1. The predicted octanol–water partition coefficient (Wildman–Crippen LogP) is 1.81. The van der Waals surface area contributed by atoms with E-state index >= 15 is 0 Å². The van der Waals surface area contributed by atoms with Crippen molar-refractivity contribution in [2.75, 3.05) is 39.9 Å². The fraction of sp³-hybridized carbons (Fsp3) is 0.938. The minimum atomic E-state index is -0.551. The molecule has 5 nitrogen and oxygen atoms in total. The second-order valence-corrected chi connectivity index (χ2v) is 5.99. The first kappa shape index (κ1) is 18.4. The molecule has 5 heteroatoms. The van der Waals surface area contributed by atoms with Gasteiger partial charge in [-0.3, -0.25) is 4.79 Å². The largest absolute Gasteiger partial charge is 0.465 e. The fourth-order valence-electron chi connectivity index (χ4n) is 2.95. The van der Waals surface area contributed by atoms with Crippen molar-refractivity contribution in [3.8, 4) is 0 Å². The van der Waals surface area contributed by atoms with Crippen molar-refractivity contribution < 1.29 is 14.3 Å². The summed E-state index contributed by atoms with van der Waals surface area (Å²) in [7, 11) is 1.79. The van der Waals surface area contributed by atoms with Crippen molar-refractivity contribution in [1.29, 1.82) is 0 Å². The van der Waals surface area contributed by atoms with Crippen LogP contribution < -0.4 is 5.32 Å². The summed E-state index contributed by atoms with van der Waals surface area (Å²) >= 11 is 0. The molecule has 1 aliphatic rings. The van der Waals surface area contributed by atoms with E-state index in [-0.39, 0.29) is 5.97 Å². The highest BCUT2D eigenvalue weighted by Gasteiger charge is 2.33. The molecule has 1 aliphatic heterocycles. The summed E-state index contributed by atoms with van der Waals surface area (Å²) in [5.74, 6) is -0.132. The Labute approximate surface area is 129 Å². The number of unbranched alkanes of at least 4 members (excludes halogenated alkanes) is 1. The lowest BCUT2D eigenvalue weighted by Gasteiger charge is -2.28. The second kappa shape index (κ2) is 9.38. The zero-order valence-corrected chi connectivity index (χ0v) is 14.1. The van der Waals surface area contributed by atoms with Gasteiger partial charge >= 0.3 is 5.97 Å². The Kier molecular flexibility index (Phi) is 8.22. The molecule has 0 aromatic rings. The molecule has 0 radical (unpaired) electrons. The summed E-state index contributed by atoms with van der Waals surface area (Å²) in [5, 5.41) is 3.28. The van der Waals surface area contributed by atoms with Crippen LogP contribution in [0.3, 0.4) is 0 Å². The maximum Gasteiger partial charge on any atom is 0.326 e. The van der Waals surface area contributed by atoms with Gasteiger partial charge in [-0.15, -0.1) is 0 Å². The Balaban J connectivity index is 2.29. The van der Waals surface area contributed by atoms with Crippen LogP contribution in [-0.2, 0) is 14.3 Å². The number of hydrogen-bond acceptors (Lipinski definition) is 5. The molecule has 21 heavy (non-hydrogen) atoms. The molecule has 2 unspecified atom stereocenters. The van der Waals surface area contributed by atoms with E-state index in [1.807, 2.05) is 20.8 Å². The molecule has 0 aromatic heterocycles. The van der Waals surface area contributed by atoms with Gasteiger partial charge in [0.05, 0.1) is 12.7 Å². The van der Waals surface area contributed by atoms with Crippen LogP contribution in [0.5, 0.6) is 0 Å². The number of likely N-dealkylation sites (N-methyl/N-ethyl adjacent to an activating group) is 1. The van der Waals surface area contributed by atoms with Gasteiger partial charge in [0.15, 0.2) is 0 Å². The van der Waals surface area contributed by atoms with Crippen molar-refractivity contribution in [2.24, 2.45) is 0 Å². The number of hydrogen-bond donors (Lipinski definition) is 1. The van der Waals surface area contributed by atoms with Gasteiger partial charge in [-0.2, -0.15) is 0 Å². The monoisotopic (exact) mass is 300 g/mol. The number of carbonyl (C=O) groups is 1. The summed E-state index contributed by atoms with van der Waals surface area (Å²) in [5.41, 5.74) is -0.551. The van der Waals surface area contributed by atoms with Crippen LogP contribution in [-0.4, -0.2) is 62.4 Å². The number of methoxy groups -OCH3 is 1. The minimum Gasteiger partial charge on any atom is -0.465 e. The molecule has 0 bridgehead atoms. The third kappa shape index (κ3) is 5.93.